The Morgan fingerprint density at radius 2 is 1.90 bits per heavy atom. The Hall–Kier alpha value is -1.37. The first kappa shape index (κ1) is 25.9. The number of rotatable bonds is 7. The van der Waals surface area contributed by atoms with Gasteiger partial charge in [0.05, 0.1) is 25.0 Å². The lowest BCUT2D eigenvalue weighted by Gasteiger charge is -2.35. The van der Waals surface area contributed by atoms with Gasteiger partial charge in [-0.3, -0.25) is 4.99 Å². The van der Waals surface area contributed by atoms with Crippen molar-refractivity contribution in [1.82, 2.24) is 14.5 Å². The van der Waals surface area contributed by atoms with E-state index in [0.29, 0.717) is 32.7 Å². The van der Waals surface area contributed by atoms with Crippen LogP contribution in [0.15, 0.2) is 33.7 Å². The first-order valence-electron chi connectivity index (χ1n) is 10.3. The zero-order valence-electron chi connectivity index (χ0n) is 18.6. The Balaban J connectivity index is 0.00000341. The summed E-state index contributed by atoms with van der Waals surface area (Å²) in [5.74, 6) is 1.64. The molecule has 1 aromatic heterocycles. The van der Waals surface area contributed by atoms with E-state index in [0.717, 1.165) is 28.3 Å². The molecule has 1 aliphatic heterocycles. The van der Waals surface area contributed by atoms with Gasteiger partial charge in [0.25, 0.3) is 0 Å². The predicted octanol–water partition coefficient (Wildman–Crippen LogP) is 2.81. The molecule has 0 saturated carbocycles. The van der Waals surface area contributed by atoms with Crippen LogP contribution >= 0.6 is 24.0 Å². The molecule has 3 rings (SSSR count). The van der Waals surface area contributed by atoms with Crippen molar-refractivity contribution >= 4 is 50.9 Å². The Bertz CT molecular complexity index is 982. The van der Waals surface area contributed by atoms with Crippen molar-refractivity contribution in [2.45, 2.75) is 33.4 Å². The third-order valence-corrected chi connectivity index (χ3v) is 7.12. The molecule has 0 unspecified atom stereocenters. The third kappa shape index (κ3) is 6.56. The van der Waals surface area contributed by atoms with Crippen LogP contribution in [0.3, 0.4) is 0 Å². The number of piperazine rings is 1. The second kappa shape index (κ2) is 11.5. The fourth-order valence-electron chi connectivity index (χ4n) is 3.58. The summed E-state index contributed by atoms with van der Waals surface area (Å²) in [6.45, 7) is 8.65. The highest BCUT2D eigenvalue weighted by molar-refractivity contribution is 14.0. The number of ether oxygens (including phenoxy) is 1. The molecule has 1 aliphatic rings. The number of aryl methyl sites for hydroxylation is 1. The van der Waals surface area contributed by atoms with E-state index in [1.807, 2.05) is 32.0 Å². The summed E-state index contributed by atoms with van der Waals surface area (Å²) in [7, 11) is -1.57. The van der Waals surface area contributed by atoms with Crippen LogP contribution in [-0.2, 0) is 21.3 Å². The first-order valence-corrected chi connectivity index (χ1v) is 11.9. The maximum Gasteiger partial charge on any atom is 0.216 e. The summed E-state index contributed by atoms with van der Waals surface area (Å²) in [4.78, 5) is 6.45. The number of benzene rings is 1. The summed E-state index contributed by atoms with van der Waals surface area (Å²) in [5, 5.41) is 4.47. The van der Waals surface area contributed by atoms with Gasteiger partial charge in [0.2, 0.25) is 10.0 Å². The van der Waals surface area contributed by atoms with E-state index in [1.54, 1.807) is 11.4 Å². The lowest BCUT2D eigenvalue weighted by atomic mass is 10.1. The molecule has 0 radical (unpaired) electrons. The molecule has 10 heteroatoms. The number of hydrogen-bond acceptors (Lipinski definition) is 5. The van der Waals surface area contributed by atoms with Crippen LogP contribution in [0.25, 0.3) is 11.0 Å². The summed E-state index contributed by atoms with van der Waals surface area (Å²) < 4.78 is 37.9. The van der Waals surface area contributed by atoms with Gasteiger partial charge in [-0.2, -0.15) is 4.31 Å². The highest BCUT2D eigenvalue weighted by atomic mass is 127. The number of nitrogens with zero attached hydrogens (tertiary/aromatic N) is 3. The predicted molar refractivity (Wildman–Crippen MR) is 135 cm³/mol. The number of furan rings is 1. The van der Waals surface area contributed by atoms with Crippen molar-refractivity contribution in [2.75, 3.05) is 45.6 Å². The van der Waals surface area contributed by atoms with Crippen molar-refractivity contribution < 1.29 is 17.6 Å². The molecule has 174 valence electrons. The van der Waals surface area contributed by atoms with E-state index in [4.69, 9.17) is 9.15 Å². The van der Waals surface area contributed by atoms with Gasteiger partial charge in [-0.1, -0.05) is 18.2 Å². The molecule has 1 saturated heterocycles. The maximum absolute atomic E-state index is 12.5. The van der Waals surface area contributed by atoms with Gasteiger partial charge >= 0.3 is 0 Å². The maximum atomic E-state index is 12.5. The van der Waals surface area contributed by atoms with E-state index in [9.17, 15) is 8.42 Å². The van der Waals surface area contributed by atoms with Gasteiger partial charge in [0, 0.05) is 44.2 Å². The van der Waals surface area contributed by atoms with Gasteiger partial charge in [0.15, 0.2) is 5.96 Å². The molecule has 0 bridgehead atoms. The Kier molecular flexibility index (Phi) is 9.59. The van der Waals surface area contributed by atoms with Crippen LogP contribution in [-0.4, -0.2) is 75.3 Å². The summed E-state index contributed by atoms with van der Waals surface area (Å²) in [6, 6.07) is 7.98. The van der Waals surface area contributed by atoms with Gasteiger partial charge < -0.3 is 19.4 Å². The Morgan fingerprint density at radius 1 is 1.23 bits per heavy atom. The molecule has 0 amide bonds. The molecule has 2 heterocycles. The number of halogens is 1. The zero-order valence-corrected chi connectivity index (χ0v) is 21.8. The molecule has 0 spiro atoms. The quantitative estimate of drug-likeness (QED) is 0.316. The first-order chi connectivity index (χ1) is 14.3. The molecule has 1 fully saturated rings. The summed E-state index contributed by atoms with van der Waals surface area (Å²) >= 11 is 0. The number of hydrogen-bond donors (Lipinski definition) is 1. The minimum absolute atomic E-state index is 0. The van der Waals surface area contributed by atoms with Crippen LogP contribution in [0.5, 0.6) is 0 Å². The van der Waals surface area contributed by atoms with Crippen molar-refractivity contribution in [1.29, 1.82) is 0 Å². The lowest BCUT2D eigenvalue weighted by Crippen LogP contribution is -2.54. The second-order valence-corrected chi connectivity index (χ2v) is 9.76. The van der Waals surface area contributed by atoms with Gasteiger partial charge in [-0.15, -0.1) is 24.0 Å². The average molecular weight is 564 g/mol. The molecule has 1 N–H and O–H groups in total. The minimum Gasteiger partial charge on any atom is -0.459 e. The average Bonchev–Trinajstić information content (AvgIpc) is 3.04. The number of aliphatic imine (C=N–C) groups is 1. The smallest absolute Gasteiger partial charge is 0.216 e. The van der Waals surface area contributed by atoms with E-state index < -0.39 is 10.0 Å². The molecule has 8 nitrogen and oxygen atoms in total. The van der Waals surface area contributed by atoms with Crippen LogP contribution in [0.4, 0.5) is 0 Å². The van der Waals surface area contributed by atoms with E-state index in [-0.39, 0.29) is 42.4 Å². The van der Waals surface area contributed by atoms with Crippen LogP contribution < -0.4 is 5.32 Å². The van der Waals surface area contributed by atoms with Crippen LogP contribution in [0.1, 0.15) is 25.2 Å². The minimum atomic E-state index is -3.30. The van der Waals surface area contributed by atoms with Crippen LogP contribution in [0.2, 0.25) is 0 Å². The largest absolute Gasteiger partial charge is 0.459 e. The van der Waals surface area contributed by atoms with Crippen molar-refractivity contribution in [3.05, 3.63) is 35.6 Å². The monoisotopic (exact) mass is 564 g/mol. The molecule has 2 aromatic rings. The zero-order chi connectivity index (χ0) is 21.7. The highest BCUT2D eigenvalue weighted by Gasteiger charge is 2.28. The number of guanidine groups is 1. The Morgan fingerprint density at radius 3 is 2.52 bits per heavy atom. The van der Waals surface area contributed by atoms with E-state index in [2.05, 4.69) is 28.2 Å². The highest BCUT2D eigenvalue weighted by Crippen LogP contribution is 2.24. The molecule has 1 aromatic carbocycles. The standard InChI is InChI=1S/C21H32N4O4S.HI/c1-16(2)28-13-14-30(26,27)25-11-9-24(10-12-25)21(22-4)23-15-20-17(3)18-7-5-6-8-19(18)29-20;/h5-8,16H,9-15H2,1-4H3,(H,22,23);1H. The number of sulfonamides is 1. The van der Waals surface area contributed by atoms with Gasteiger partial charge in [-0.05, 0) is 26.8 Å². The van der Waals surface area contributed by atoms with Crippen molar-refractivity contribution in [3.63, 3.8) is 0 Å². The molecular formula is C21H33IN4O4S. The van der Waals surface area contributed by atoms with E-state index >= 15 is 0 Å². The number of nitrogens with one attached hydrogen (secondary N) is 1. The molecule has 0 aliphatic carbocycles. The molecule has 31 heavy (non-hydrogen) atoms. The SMILES string of the molecule is CN=C(NCc1oc2ccccc2c1C)N1CCN(S(=O)(=O)CCOC(C)C)CC1.I. The van der Waals surface area contributed by atoms with E-state index in [1.165, 1.54) is 0 Å². The van der Waals surface area contributed by atoms with Crippen LogP contribution in [0, 0.1) is 6.92 Å². The fraction of sp³-hybridized carbons (Fsp3) is 0.571. The topological polar surface area (TPSA) is 87.4 Å². The number of fused-ring (bicyclic) bond motifs is 1. The summed E-state index contributed by atoms with van der Waals surface area (Å²) in [5.41, 5.74) is 2.00. The normalized spacial score (nSPS) is 16.0. The number of para-hydroxylation sites is 1. The Labute approximate surface area is 202 Å². The van der Waals surface area contributed by atoms with Crippen molar-refractivity contribution in [2.24, 2.45) is 4.99 Å². The fourth-order valence-corrected chi connectivity index (χ4v) is 4.87. The van der Waals surface area contributed by atoms with Gasteiger partial charge in [-0.25, -0.2) is 8.42 Å². The second-order valence-electron chi connectivity index (χ2n) is 7.67. The summed E-state index contributed by atoms with van der Waals surface area (Å²) in [6.07, 6.45) is 0.0295. The lowest BCUT2D eigenvalue weighted by molar-refractivity contribution is 0.0904. The third-order valence-electron chi connectivity index (χ3n) is 5.29. The molecule has 0 atom stereocenters. The van der Waals surface area contributed by atoms with Gasteiger partial charge in [0.1, 0.15) is 11.3 Å². The van der Waals surface area contributed by atoms with Crippen molar-refractivity contribution in [3.8, 4) is 0 Å². The molecular weight excluding hydrogens is 531 g/mol.